The maximum atomic E-state index is 9.55. The molecule has 1 aromatic rings. The third-order valence-electron chi connectivity index (χ3n) is 3.56. The highest BCUT2D eigenvalue weighted by atomic mass is 16.5. The smallest absolute Gasteiger partial charge is 0.0594 e. The largest absolute Gasteiger partial charge is 0.396 e. The van der Waals surface area contributed by atoms with Gasteiger partial charge < -0.3 is 15.6 Å². The lowest BCUT2D eigenvalue weighted by Crippen LogP contribution is -2.44. The summed E-state index contributed by atoms with van der Waals surface area (Å²) < 4.78 is 5.40. The van der Waals surface area contributed by atoms with Gasteiger partial charge in [-0.2, -0.15) is 0 Å². The molecule has 1 heterocycles. The van der Waals surface area contributed by atoms with Crippen LogP contribution in [0.4, 0.5) is 0 Å². The Hall–Kier alpha value is -0.940. The van der Waals surface area contributed by atoms with E-state index in [1.807, 2.05) is 18.2 Å². The average molecular weight is 250 g/mol. The highest BCUT2D eigenvalue weighted by Gasteiger charge is 2.28. The Labute approximate surface area is 108 Å². The number of aliphatic hydroxyl groups is 1. The zero-order valence-electron chi connectivity index (χ0n) is 10.7. The van der Waals surface area contributed by atoms with Gasteiger partial charge in [0.15, 0.2) is 0 Å². The second-order valence-electron chi connectivity index (χ2n) is 4.68. The van der Waals surface area contributed by atoms with Crippen molar-refractivity contribution in [2.75, 3.05) is 39.5 Å². The zero-order chi connectivity index (χ0) is 12.8. The quantitative estimate of drug-likeness (QED) is 0.804. The third kappa shape index (κ3) is 3.09. The van der Waals surface area contributed by atoms with E-state index in [2.05, 4.69) is 17.0 Å². The summed E-state index contributed by atoms with van der Waals surface area (Å²) in [5.74, 6) is 0.0745. The van der Waals surface area contributed by atoms with E-state index in [1.54, 1.807) is 0 Å². The molecule has 1 fully saturated rings. The minimum atomic E-state index is 0.0745. The van der Waals surface area contributed by atoms with E-state index in [0.29, 0.717) is 6.54 Å². The second-order valence-corrected chi connectivity index (χ2v) is 4.68. The molecule has 3 N–H and O–H groups in total. The number of morpholine rings is 1. The number of aliphatic hydroxyl groups excluding tert-OH is 1. The van der Waals surface area contributed by atoms with E-state index in [1.165, 1.54) is 5.56 Å². The molecule has 4 heteroatoms. The van der Waals surface area contributed by atoms with Crippen molar-refractivity contribution in [3.05, 3.63) is 35.9 Å². The Morgan fingerprint density at radius 3 is 2.44 bits per heavy atom. The van der Waals surface area contributed by atoms with Gasteiger partial charge in [-0.25, -0.2) is 0 Å². The summed E-state index contributed by atoms with van der Waals surface area (Å²) >= 11 is 0. The van der Waals surface area contributed by atoms with Crippen LogP contribution < -0.4 is 5.73 Å². The first kappa shape index (κ1) is 13.5. The molecule has 0 radical (unpaired) electrons. The van der Waals surface area contributed by atoms with Crippen LogP contribution in [0.15, 0.2) is 30.3 Å². The molecule has 0 aromatic heterocycles. The van der Waals surface area contributed by atoms with Gasteiger partial charge >= 0.3 is 0 Å². The van der Waals surface area contributed by atoms with Crippen molar-refractivity contribution >= 4 is 0 Å². The van der Waals surface area contributed by atoms with E-state index in [-0.39, 0.29) is 18.6 Å². The summed E-state index contributed by atoms with van der Waals surface area (Å²) in [7, 11) is 0. The van der Waals surface area contributed by atoms with Crippen molar-refractivity contribution < 1.29 is 9.84 Å². The number of rotatable bonds is 5. The van der Waals surface area contributed by atoms with E-state index in [9.17, 15) is 5.11 Å². The van der Waals surface area contributed by atoms with E-state index in [0.717, 1.165) is 26.3 Å². The van der Waals surface area contributed by atoms with Crippen LogP contribution in [0.1, 0.15) is 11.6 Å². The Balaban J connectivity index is 2.21. The fourth-order valence-electron chi connectivity index (χ4n) is 2.59. The SMILES string of the molecule is NC[C@@H](CO)[C@@H](c1ccccc1)N1CCOCC1. The summed E-state index contributed by atoms with van der Waals surface area (Å²) in [5.41, 5.74) is 7.04. The molecule has 1 aromatic carbocycles. The first-order valence-electron chi connectivity index (χ1n) is 6.54. The number of nitrogens with two attached hydrogens (primary N) is 1. The molecule has 2 atom stereocenters. The predicted molar refractivity (Wildman–Crippen MR) is 71.2 cm³/mol. The van der Waals surface area contributed by atoms with Crippen LogP contribution in [0.3, 0.4) is 0 Å². The second kappa shape index (κ2) is 6.85. The maximum absolute atomic E-state index is 9.55. The van der Waals surface area contributed by atoms with Gasteiger partial charge in [-0.3, -0.25) is 4.90 Å². The fourth-order valence-corrected chi connectivity index (χ4v) is 2.59. The number of benzene rings is 1. The van der Waals surface area contributed by atoms with E-state index in [4.69, 9.17) is 10.5 Å². The van der Waals surface area contributed by atoms with Crippen LogP contribution in [-0.2, 0) is 4.74 Å². The molecule has 0 unspecified atom stereocenters. The highest BCUT2D eigenvalue weighted by molar-refractivity contribution is 5.20. The van der Waals surface area contributed by atoms with Crippen LogP contribution in [0, 0.1) is 5.92 Å². The minimum Gasteiger partial charge on any atom is -0.396 e. The van der Waals surface area contributed by atoms with Crippen molar-refractivity contribution in [3.63, 3.8) is 0 Å². The highest BCUT2D eigenvalue weighted by Crippen LogP contribution is 2.28. The lowest BCUT2D eigenvalue weighted by atomic mass is 9.91. The van der Waals surface area contributed by atoms with Crippen molar-refractivity contribution in [3.8, 4) is 0 Å². The number of hydrogen-bond acceptors (Lipinski definition) is 4. The van der Waals surface area contributed by atoms with Crippen LogP contribution in [0.25, 0.3) is 0 Å². The number of nitrogens with zero attached hydrogens (tertiary/aromatic N) is 1. The van der Waals surface area contributed by atoms with Gasteiger partial charge in [0.2, 0.25) is 0 Å². The first-order valence-corrected chi connectivity index (χ1v) is 6.54. The molecule has 1 aliphatic heterocycles. The molecular weight excluding hydrogens is 228 g/mol. The molecule has 1 saturated heterocycles. The van der Waals surface area contributed by atoms with Crippen LogP contribution in [0.2, 0.25) is 0 Å². The third-order valence-corrected chi connectivity index (χ3v) is 3.56. The Morgan fingerprint density at radius 1 is 1.22 bits per heavy atom. The van der Waals surface area contributed by atoms with Crippen molar-refractivity contribution in [2.45, 2.75) is 6.04 Å². The summed E-state index contributed by atoms with van der Waals surface area (Å²) in [6, 6.07) is 10.5. The van der Waals surface area contributed by atoms with Gasteiger partial charge in [0, 0.05) is 31.7 Å². The summed E-state index contributed by atoms with van der Waals surface area (Å²) in [5, 5.41) is 9.55. The monoisotopic (exact) mass is 250 g/mol. The normalized spacial score (nSPS) is 20.6. The van der Waals surface area contributed by atoms with Crippen molar-refractivity contribution in [2.24, 2.45) is 11.7 Å². The van der Waals surface area contributed by atoms with Crippen molar-refractivity contribution in [1.29, 1.82) is 0 Å². The van der Waals surface area contributed by atoms with Gasteiger partial charge in [-0.15, -0.1) is 0 Å². The maximum Gasteiger partial charge on any atom is 0.0594 e. The molecule has 2 rings (SSSR count). The lowest BCUT2D eigenvalue weighted by molar-refractivity contribution is -0.00484. The Morgan fingerprint density at radius 2 is 1.89 bits per heavy atom. The van der Waals surface area contributed by atoms with Gasteiger partial charge in [-0.05, 0) is 12.1 Å². The average Bonchev–Trinajstić information content (AvgIpc) is 2.46. The molecule has 0 bridgehead atoms. The van der Waals surface area contributed by atoms with Crippen LogP contribution in [0.5, 0.6) is 0 Å². The molecule has 18 heavy (non-hydrogen) atoms. The predicted octanol–water partition coefficient (Wildman–Crippen LogP) is 0.627. The topological polar surface area (TPSA) is 58.7 Å². The molecule has 0 amide bonds. The molecule has 0 saturated carbocycles. The standard InChI is InChI=1S/C14H22N2O2/c15-10-13(11-17)14(12-4-2-1-3-5-12)16-6-8-18-9-7-16/h1-5,13-14,17H,6-11,15H2/t13-,14+/m0/s1. The van der Waals surface area contributed by atoms with Gasteiger partial charge in [0.05, 0.1) is 13.2 Å². The Bertz CT molecular complexity index is 335. The summed E-state index contributed by atoms with van der Waals surface area (Å²) in [4.78, 5) is 2.37. The minimum absolute atomic E-state index is 0.0745. The zero-order valence-corrected chi connectivity index (χ0v) is 10.7. The number of hydrogen-bond donors (Lipinski definition) is 2. The lowest BCUT2D eigenvalue weighted by Gasteiger charge is -2.38. The first-order chi connectivity index (χ1) is 8.86. The van der Waals surface area contributed by atoms with Gasteiger partial charge in [0.25, 0.3) is 0 Å². The molecule has 0 spiro atoms. The van der Waals surface area contributed by atoms with E-state index >= 15 is 0 Å². The molecule has 4 nitrogen and oxygen atoms in total. The van der Waals surface area contributed by atoms with Crippen LogP contribution >= 0.6 is 0 Å². The molecule has 100 valence electrons. The van der Waals surface area contributed by atoms with Gasteiger partial charge in [-0.1, -0.05) is 30.3 Å². The molecule has 0 aliphatic carbocycles. The Kier molecular flexibility index (Phi) is 5.13. The molecular formula is C14H22N2O2. The van der Waals surface area contributed by atoms with Gasteiger partial charge in [0.1, 0.15) is 0 Å². The fraction of sp³-hybridized carbons (Fsp3) is 0.571. The summed E-state index contributed by atoms with van der Waals surface area (Å²) in [6.45, 7) is 3.92. The number of ether oxygens (including phenoxy) is 1. The summed E-state index contributed by atoms with van der Waals surface area (Å²) in [6.07, 6.45) is 0. The van der Waals surface area contributed by atoms with E-state index < -0.39 is 0 Å². The van der Waals surface area contributed by atoms with Crippen molar-refractivity contribution in [1.82, 2.24) is 4.90 Å². The molecule has 1 aliphatic rings. The van der Waals surface area contributed by atoms with Crippen LogP contribution in [-0.4, -0.2) is 49.5 Å².